The number of sulfone groups is 1. The van der Waals surface area contributed by atoms with E-state index in [9.17, 15) is 18.3 Å². The van der Waals surface area contributed by atoms with Gasteiger partial charge in [0.05, 0.1) is 42.9 Å². The first kappa shape index (κ1) is 35.1. The molecule has 0 radical (unpaired) electrons. The van der Waals surface area contributed by atoms with E-state index in [1.165, 1.54) is 0 Å². The molecule has 3 atom stereocenters. The molecule has 2 aromatic rings. The van der Waals surface area contributed by atoms with Crippen molar-refractivity contribution in [3.63, 3.8) is 0 Å². The number of aliphatic hydroxyl groups is 1. The monoisotopic (exact) mass is 614 g/mol. The molecule has 2 N–H and O–H groups in total. The van der Waals surface area contributed by atoms with E-state index in [0.29, 0.717) is 35.4 Å². The fraction of sp³-hybridized carbons (Fsp3) is 0.629. The minimum atomic E-state index is -3.63. The number of anilines is 2. The maximum Gasteiger partial charge on any atom is 0.224 e. The smallest absolute Gasteiger partial charge is 0.224 e. The summed E-state index contributed by atoms with van der Waals surface area (Å²) in [7, 11) is 0.230. The van der Waals surface area contributed by atoms with Gasteiger partial charge >= 0.3 is 0 Å². The van der Waals surface area contributed by atoms with E-state index in [0.717, 1.165) is 67.6 Å². The molecule has 1 heterocycles. The number of hydrogen-bond donors (Lipinski definition) is 2. The van der Waals surface area contributed by atoms with Crippen molar-refractivity contribution < 1.29 is 22.8 Å². The summed E-state index contributed by atoms with van der Waals surface area (Å²) in [5.41, 5.74) is 2.33. The molecule has 0 aromatic heterocycles. The molecule has 7 nitrogen and oxygen atoms in total. The number of rotatable bonds is 15. The Morgan fingerprint density at radius 1 is 0.977 bits per heavy atom. The summed E-state index contributed by atoms with van der Waals surface area (Å²) in [6.45, 7) is 15.3. The van der Waals surface area contributed by atoms with Crippen LogP contribution in [0.2, 0.25) is 0 Å². The number of nitrogens with one attached hydrogen (secondary N) is 1. The molecule has 3 rings (SSSR count). The molecule has 0 fully saturated rings. The van der Waals surface area contributed by atoms with Gasteiger partial charge in [0.1, 0.15) is 0 Å². The number of nitrogens with zero attached hydrogens (tertiary/aromatic N) is 2. The summed E-state index contributed by atoms with van der Waals surface area (Å²) in [5, 5.41) is 15.2. The zero-order valence-electron chi connectivity index (χ0n) is 27.7. The van der Waals surface area contributed by atoms with Crippen LogP contribution in [0.25, 0.3) is 0 Å². The first-order valence-corrected chi connectivity index (χ1v) is 18.0. The summed E-state index contributed by atoms with van der Waals surface area (Å²) in [4.78, 5) is 15.0. The van der Waals surface area contributed by atoms with E-state index in [1.54, 1.807) is 6.07 Å². The quantitative estimate of drug-likeness (QED) is 0.174. The summed E-state index contributed by atoms with van der Waals surface area (Å²) < 4.78 is 28.8. The average Bonchev–Trinajstić information content (AvgIpc) is 3.07. The van der Waals surface area contributed by atoms with Gasteiger partial charge in [-0.15, -0.1) is 0 Å². The minimum absolute atomic E-state index is 0.00137. The van der Waals surface area contributed by atoms with Crippen molar-refractivity contribution in [2.75, 3.05) is 56.2 Å². The molecule has 0 spiro atoms. The second-order valence-electron chi connectivity index (χ2n) is 12.8. The van der Waals surface area contributed by atoms with E-state index >= 15 is 0 Å². The highest BCUT2D eigenvalue weighted by Gasteiger charge is 2.49. The number of fused-ring (bicyclic) bond motifs is 1. The van der Waals surface area contributed by atoms with Crippen molar-refractivity contribution in [1.29, 1.82) is 0 Å². The van der Waals surface area contributed by atoms with E-state index < -0.39 is 27.3 Å². The van der Waals surface area contributed by atoms with Gasteiger partial charge in [-0.3, -0.25) is 4.79 Å². The van der Waals surface area contributed by atoms with Gasteiger partial charge in [0, 0.05) is 43.2 Å². The average molecular weight is 615 g/mol. The van der Waals surface area contributed by atoms with Crippen LogP contribution in [-0.2, 0) is 14.6 Å². The fourth-order valence-corrected chi connectivity index (χ4v) is 9.13. The zero-order chi connectivity index (χ0) is 31.8. The molecule has 1 aliphatic rings. The SMILES string of the molecule is CCCCC1(CC)CS(=O)(=O)c2ccc(N(C)C)cc2C(c2ccc(NC(=O)CCCC[N+](CC)(CC)CC)cc2)C1O. The Balaban J connectivity index is 1.89. The standard InChI is InChI=1S/C35H55N3O4S/c1-8-13-23-35(9-2)26-43(41,42)31-22-21-29(37(6)7)25-30(31)33(34(35)40)27-17-19-28(20-18-27)36-32(39)16-14-15-24-38(10-3,11-4)12-5/h17-22,25,33-34,40H,8-16,23-24,26H2,1-7H3/p+1. The van der Waals surface area contributed by atoms with Crippen LogP contribution in [0.5, 0.6) is 0 Å². The van der Waals surface area contributed by atoms with Crippen molar-refractivity contribution >= 4 is 27.1 Å². The third kappa shape index (κ3) is 8.00. The predicted molar refractivity (Wildman–Crippen MR) is 179 cm³/mol. The van der Waals surface area contributed by atoms with Crippen molar-refractivity contribution in [3.05, 3.63) is 53.6 Å². The predicted octanol–water partition coefficient (Wildman–Crippen LogP) is 6.60. The molecule has 43 heavy (non-hydrogen) atoms. The van der Waals surface area contributed by atoms with Crippen LogP contribution in [0.1, 0.15) is 96.6 Å². The van der Waals surface area contributed by atoms with Gasteiger partial charge in [0.15, 0.2) is 9.84 Å². The molecule has 3 unspecified atom stereocenters. The number of amides is 1. The molecule has 1 aliphatic heterocycles. The van der Waals surface area contributed by atoms with Crippen molar-refractivity contribution in [2.24, 2.45) is 5.41 Å². The van der Waals surface area contributed by atoms with Gasteiger partial charge in [-0.2, -0.15) is 0 Å². The van der Waals surface area contributed by atoms with Crippen LogP contribution in [0.3, 0.4) is 0 Å². The lowest BCUT2D eigenvalue weighted by Crippen LogP contribution is -2.48. The first-order valence-electron chi connectivity index (χ1n) is 16.4. The van der Waals surface area contributed by atoms with E-state index in [4.69, 9.17) is 0 Å². The lowest BCUT2D eigenvalue weighted by molar-refractivity contribution is -0.923. The highest BCUT2D eigenvalue weighted by molar-refractivity contribution is 7.91. The topological polar surface area (TPSA) is 86.7 Å². The Labute approximate surface area is 261 Å². The Bertz CT molecular complexity index is 1300. The lowest BCUT2D eigenvalue weighted by atomic mass is 9.69. The van der Waals surface area contributed by atoms with Crippen LogP contribution in [-0.4, -0.2) is 76.0 Å². The number of aliphatic hydroxyl groups excluding tert-OH is 1. The summed E-state index contributed by atoms with van der Waals surface area (Å²) >= 11 is 0. The van der Waals surface area contributed by atoms with Gasteiger partial charge < -0.3 is 19.8 Å². The second kappa shape index (κ2) is 15.0. The van der Waals surface area contributed by atoms with Crippen LogP contribution in [0, 0.1) is 5.41 Å². The van der Waals surface area contributed by atoms with E-state index in [2.05, 4.69) is 33.0 Å². The Morgan fingerprint density at radius 2 is 1.63 bits per heavy atom. The molecule has 0 aliphatic carbocycles. The highest BCUT2D eigenvalue weighted by atomic mass is 32.2. The van der Waals surface area contributed by atoms with Crippen LogP contribution >= 0.6 is 0 Å². The largest absolute Gasteiger partial charge is 0.392 e. The molecule has 2 aromatic carbocycles. The number of unbranched alkanes of at least 4 members (excludes halogenated alkanes) is 2. The number of hydrogen-bond acceptors (Lipinski definition) is 5. The Morgan fingerprint density at radius 3 is 2.19 bits per heavy atom. The fourth-order valence-electron chi connectivity index (χ4n) is 6.88. The number of benzene rings is 2. The molecule has 1 amide bonds. The number of carbonyl (C=O) groups is 1. The van der Waals surface area contributed by atoms with Crippen LogP contribution in [0.4, 0.5) is 11.4 Å². The molecule has 0 bridgehead atoms. The summed E-state index contributed by atoms with van der Waals surface area (Å²) in [6, 6.07) is 13.1. The zero-order valence-corrected chi connectivity index (χ0v) is 28.5. The lowest BCUT2D eigenvalue weighted by Gasteiger charge is -2.39. The molecule has 0 saturated carbocycles. The van der Waals surface area contributed by atoms with Gasteiger partial charge in [0.25, 0.3) is 0 Å². The third-order valence-corrected chi connectivity index (χ3v) is 12.2. The number of quaternary nitrogens is 1. The molecular weight excluding hydrogens is 558 g/mol. The minimum Gasteiger partial charge on any atom is -0.392 e. The van der Waals surface area contributed by atoms with Crippen LogP contribution < -0.4 is 10.2 Å². The van der Waals surface area contributed by atoms with Crippen molar-refractivity contribution in [2.45, 2.75) is 96.5 Å². The van der Waals surface area contributed by atoms with E-state index in [1.807, 2.05) is 62.3 Å². The Kier molecular flexibility index (Phi) is 12.3. The van der Waals surface area contributed by atoms with Gasteiger partial charge in [0.2, 0.25) is 5.91 Å². The molecule has 8 heteroatoms. The summed E-state index contributed by atoms with van der Waals surface area (Å²) in [5.74, 6) is -0.574. The third-order valence-electron chi connectivity index (χ3n) is 10.2. The molecular formula is C35H56N3O4S+. The molecule has 0 saturated heterocycles. The van der Waals surface area contributed by atoms with Crippen LogP contribution in [0.15, 0.2) is 47.4 Å². The normalized spacial score (nSPS) is 21.6. The van der Waals surface area contributed by atoms with Gasteiger partial charge in [-0.1, -0.05) is 38.8 Å². The maximum atomic E-state index is 13.9. The first-order chi connectivity index (χ1) is 20.4. The van der Waals surface area contributed by atoms with Crippen molar-refractivity contribution in [3.8, 4) is 0 Å². The van der Waals surface area contributed by atoms with Gasteiger partial charge in [-0.25, -0.2) is 8.42 Å². The van der Waals surface area contributed by atoms with E-state index in [-0.39, 0.29) is 11.7 Å². The number of carbonyl (C=O) groups excluding carboxylic acids is 1. The van der Waals surface area contributed by atoms with Crippen molar-refractivity contribution in [1.82, 2.24) is 0 Å². The molecule has 240 valence electrons. The highest BCUT2D eigenvalue weighted by Crippen LogP contribution is 2.49. The Hall–Kier alpha value is -2.42. The second-order valence-corrected chi connectivity index (χ2v) is 14.7. The van der Waals surface area contributed by atoms with Gasteiger partial charge in [-0.05, 0) is 87.9 Å². The maximum absolute atomic E-state index is 13.9. The summed E-state index contributed by atoms with van der Waals surface area (Å²) in [6.07, 6.45) is 4.49.